The SMILES string of the molecule is Oc1cc(-c2ccc3c(N4C[C@H]5CC[C@@H](C4)N5)nc(OCC4CCOCC4)nc3c2F)c2ccccc2c1. The second-order valence-corrected chi connectivity index (χ2v) is 10.8. The Morgan fingerprint density at radius 2 is 1.74 bits per heavy atom. The number of hydrogen-bond donors (Lipinski definition) is 2. The van der Waals surface area contributed by atoms with Crippen LogP contribution in [0.25, 0.3) is 32.8 Å². The van der Waals surface area contributed by atoms with E-state index in [1.807, 2.05) is 30.3 Å². The summed E-state index contributed by atoms with van der Waals surface area (Å²) in [5.41, 5.74) is 1.27. The fourth-order valence-electron chi connectivity index (χ4n) is 6.23. The van der Waals surface area contributed by atoms with Crippen molar-refractivity contribution in [2.45, 2.75) is 37.8 Å². The molecule has 0 radical (unpaired) electrons. The second-order valence-electron chi connectivity index (χ2n) is 10.8. The molecule has 7 rings (SSSR count). The lowest BCUT2D eigenvalue weighted by molar-refractivity contribution is 0.0483. The zero-order chi connectivity index (χ0) is 25.6. The molecule has 3 fully saturated rings. The van der Waals surface area contributed by atoms with E-state index in [-0.39, 0.29) is 17.3 Å². The molecule has 38 heavy (non-hydrogen) atoms. The summed E-state index contributed by atoms with van der Waals surface area (Å²) in [4.78, 5) is 11.7. The van der Waals surface area contributed by atoms with Crippen LogP contribution in [-0.4, -0.2) is 60.1 Å². The minimum atomic E-state index is -0.434. The third kappa shape index (κ3) is 4.31. The van der Waals surface area contributed by atoms with Gasteiger partial charge in [-0.15, -0.1) is 0 Å². The average Bonchev–Trinajstić information content (AvgIpc) is 3.29. The number of nitrogens with zero attached hydrogens (tertiary/aromatic N) is 3. The standard InChI is InChI=1S/C30H31FN4O3/c31-27-24(26-14-22(36)13-19-3-1-2-4-23(19)26)7-8-25-28(27)33-30(38-17-18-9-11-37-12-10-18)34-29(25)35-15-20-5-6-21(16-35)32-20/h1-4,7-8,13-14,18,20-21,32,36H,5-6,9-12,15-17H2/t20-,21+. The number of aromatic nitrogens is 2. The van der Waals surface area contributed by atoms with Crippen molar-refractivity contribution in [2.24, 2.45) is 5.92 Å². The van der Waals surface area contributed by atoms with Gasteiger partial charge in [0.1, 0.15) is 17.1 Å². The Hall–Kier alpha value is -3.49. The molecule has 3 saturated heterocycles. The Bertz CT molecular complexity index is 1490. The normalized spacial score (nSPS) is 21.9. The van der Waals surface area contributed by atoms with Crippen LogP contribution in [0, 0.1) is 11.7 Å². The van der Waals surface area contributed by atoms with Crippen LogP contribution in [0.3, 0.4) is 0 Å². The molecular weight excluding hydrogens is 483 g/mol. The molecule has 4 heterocycles. The van der Waals surface area contributed by atoms with E-state index in [0.717, 1.165) is 68.6 Å². The summed E-state index contributed by atoms with van der Waals surface area (Å²) in [5.74, 6) is 0.757. The molecule has 0 aliphatic carbocycles. The van der Waals surface area contributed by atoms with Crippen molar-refractivity contribution in [1.82, 2.24) is 15.3 Å². The minimum Gasteiger partial charge on any atom is -0.508 e. The number of nitrogens with one attached hydrogen (secondary N) is 1. The number of halogens is 1. The number of rotatable bonds is 5. The van der Waals surface area contributed by atoms with Gasteiger partial charge in [-0.05, 0) is 66.1 Å². The van der Waals surface area contributed by atoms with Crippen molar-refractivity contribution in [3.8, 4) is 22.9 Å². The van der Waals surface area contributed by atoms with Crippen LogP contribution in [0.5, 0.6) is 11.8 Å². The molecule has 8 heteroatoms. The lowest BCUT2D eigenvalue weighted by Gasteiger charge is -2.34. The Kier molecular flexibility index (Phi) is 6.01. The van der Waals surface area contributed by atoms with E-state index in [2.05, 4.69) is 15.2 Å². The first-order valence-corrected chi connectivity index (χ1v) is 13.6. The van der Waals surface area contributed by atoms with Gasteiger partial charge < -0.3 is 24.8 Å². The largest absolute Gasteiger partial charge is 0.508 e. The molecule has 0 unspecified atom stereocenters. The molecular formula is C30H31FN4O3. The van der Waals surface area contributed by atoms with Gasteiger partial charge >= 0.3 is 6.01 Å². The first-order chi connectivity index (χ1) is 18.6. The summed E-state index contributed by atoms with van der Waals surface area (Å²) in [6.45, 7) is 3.60. The third-order valence-corrected chi connectivity index (χ3v) is 8.21. The maximum Gasteiger partial charge on any atom is 0.319 e. The number of piperazine rings is 1. The van der Waals surface area contributed by atoms with Crippen LogP contribution < -0.4 is 15.0 Å². The van der Waals surface area contributed by atoms with E-state index in [9.17, 15) is 5.11 Å². The van der Waals surface area contributed by atoms with Crippen molar-refractivity contribution in [3.05, 3.63) is 54.3 Å². The van der Waals surface area contributed by atoms with Gasteiger partial charge in [0, 0.05) is 49.3 Å². The van der Waals surface area contributed by atoms with E-state index in [1.165, 1.54) is 0 Å². The summed E-state index contributed by atoms with van der Waals surface area (Å²) < 4.78 is 28.0. The molecule has 0 saturated carbocycles. The van der Waals surface area contributed by atoms with Crippen molar-refractivity contribution in [1.29, 1.82) is 0 Å². The van der Waals surface area contributed by atoms with Crippen LogP contribution in [0.15, 0.2) is 48.5 Å². The number of benzene rings is 3. The van der Waals surface area contributed by atoms with Crippen LogP contribution >= 0.6 is 0 Å². The van der Waals surface area contributed by atoms with Crippen molar-refractivity contribution < 1.29 is 19.0 Å². The van der Waals surface area contributed by atoms with Gasteiger partial charge in [-0.2, -0.15) is 9.97 Å². The maximum atomic E-state index is 16.4. The van der Waals surface area contributed by atoms with Crippen LogP contribution in [0.1, 0.15) is 25.7 Å². The topological polar surface area (TPSA) is 79.7 Å². The van der Waals surface area contributed by atoms with Gasteiger partial charge in [-0.3, -0.25) is 0 Å². The molecule has 3 aliphatic rings. The zero-order valence-corrected chi connectivity index (χ0v) is 21.2. The fraction of sp³-hybridized carbons (Fsp3) is 0.400. The molecule has 1 aromatic heterocycles. The lowest BCUT2D eigenvalue weighted by atomic mass is 9.96. The summed E-state index contributed by atoms with van der Waals surface area (Å²) in [6.07, 6.45) is 4.15. The number of ether oxygens (including phenoxy) is 2. The molecule has 0 spiro atoms. The highest BCUT2D eigenvalue weighted by Crippen LogP contribution is 2.39. The Morgan fingerprint density at radius 3 is 2.55 bits per heavy atom. The van der Waals surface area contributed by atoms with Crippen LogP contribution in [-0.2, 0) is 4.74 Å². The number of phenols is 1. The average molecular weight is 515 g/mol. The highest BCUT2D eigenvalue weighted by molar-refractivity contribution is 6.01. The predicted octanol–water partition coefficient (Wildman–Crippen LogP) is 5.04. The van der Waals surface area contributed by atoms with E-state index < -0.39 is 5.82 Å². The monoisotopic (exact) mass is 514 g/mol. The van der Waals surface area contributed by atoms with E-state index in [1.54, 1.807) is 18.2 Å². The van der Waals surface area contributed by atoms with Gasteiger partial charge in [0.25, 0.3) is 0 Å². The first kappa shape index (κ1) is 23.6. The predicted molar refractivity (Wildman–Crippen MR) is 145 cm³/mol. The minimum absolute atomic E-state index is 0.0957. The van der Waals surface area contributed by atoms with E-state index >= 15 is 4.39 Å². The van der Waals surface area contributed by atoms with Gasteiger partial charge in [0.05, 0.1) is 6.61 Å². The van der Waals surface area contributed by atoms with Crippen LogP contribution in [0.2, 0.25) is 0 Å². The number of phenolic OH excluding ortho intramolecular Hbond substituents is 1. The van der Waals surface area contributed by atoms with E-state index in [4.69, 9.17) is 14.5 Å². The van der Waals surface area contributed by atoms with Gasteiger partial charge in [0.15, 0.2) is 5.82 Å². The number of fused-ring (bicyclic) bond motifs is 4. The summed E-state index contributed by atoms with van der Waals surface area (Å²) >= 11 is 0. The fourth-order valence-corrected chi connectivity index (χ4v) is 6.23. The molecule has 0 amide bonds. The van der Waals surface area contributed by atoms with Crippen LogP contribution in [0.4, 0.5) is 10.2 Å². The van der Waals surface area contributed by atoms with Gasteiger partial charge in [-0.25, -0.2) is 4.39 Å². The molecule has 3 aromatic carbocycles. The quantitative estimate of drug-likeness (QED) is 0.386. The smallest absolute Gasteiger partial charge is 0.319 e. The highest BCUT2D eigenvalue weighted by Gasteiger charge is 2.34. The molecule has 3 aliphatic heterocycles. The van der Waals surface area contributed by atoms with Gasteiger partial charge in [0.2, 0.25) is 0 Å². The zero-order valence-electron chi connectivity index (χ0n) is 21.2. The lowest BCUT2D eigenvalue weighted by Crippen LogP contribution is -2.51. The Balaban J connectivity index is 1.34. The second kappa shape index (κ2) is 9.67. The Labute approximate surface area is 220 Å². The van der Waals surface area contributed by atoms with Crippen molar-refractivity contribution >= 4 is 27.5 Å². The summed E-state index contributed by atoms with van der Waals surface area (Å²) in [7, 11) is 0. The molecule has 196 valence electrons. The summed E-state index contributed by atoms with van der Waals surface area (Å²) in [6, 6.07) is 15.7. The van der Waals surface area contributed by atoms with Gasteiger partial charge in [-0.1, -0.05) is 30.3 Å². The molecule has 7 nitrogen and oxygen atoms in total. The van der Waals surface area contributed by atoms with Crippen molar-refractivity contribution in [3.63, 3.8) is 0 Å². The summed E-state index contributed by atoms with van der Waals surface area (Å²) in [5, 5.41) is 16.4. The Morgan fingerprint density at radius 1 is 0.947 bits per heavy atom. The van der Waals surface area contributed by atoms with E-state index in [0.29, 0.717) is 41.1 Å². The first-order valence-electron chi connectivity index (χ1n) is 13.6. The molecule has 2 atom stereocenters. The number of aromatic hydroxyl groups is 1. The number of hydrogen-bond acceptors (Lipinski definition) is 7. The molecule has 2 N–H and O–H groups in total. The molecule has 2 bridgehead atoms. The highest BCUT2D eigenvalue weighted by atomic mass is 19.1. The van der Waals surface area contributed by atoms with Crippen molar-refractivity contribution in [2.75, 3.05) is 37.8 Å². The molecule has 4 aromatic rings. The third-order valence-electron chi connectivity index (χ3n) is 8.21. The maximum absolute atomic E-state index is 16.4. The number of anilines is 1.